The summed E-state index contributed by atoms with van der Waals surface area (Å²) in [6.45, 7) is 0.972. The van der Waals surface area contributed by atoms with E-state index in [4.69, 9.17) is 0 Å². The molecule has 0 bridgehead atoms. The molecular weight excluding hydrogens is 357 g/mol. The molecule has 18 heavy (non-hydrogen) atoms. The number of benzene rings is 1. The summed E-state index contributed by atoms with van der Waals surface area (Å²) in [6.07, 6.45) is 2.56. The Kier molecular flexibility index (Phi) is 6.28. The fraction of sp³-hybridized carbons (Fsp3) is 0.462. The second-order valence-corrected chi connectivity index (χ2v) is 5.82. The molecule has 5 heteroatoms. The van der Waals surface area contributed by atoms with E-state index in [1.165, 1.54) is 17.7 Å². The van der Waals surface area contributed by atoms with Crippen LogP contribution in [0.25, 0.3) is 0 Å². The molecule has 3 nitrogen and oxygen atoms in total. The van der Waals surface area contributed by atoms with Gasteiger partial charge in [0.25, 0.3) is 0 Å². The summed E-state index contributed by atoms with van der Waals surface area (Å²) in [5.41, 5.74) is 0. The zero-order valence-electron chi connectivity index (χ0n) is 10.8. The van der Waals surface area contributed by atoms with Gasteiger partial charge in [-0.2, -0.15) is 0 Å². The smallest absolute Gasteiger partial charge is 0.190 e. The van der Waals surface area contributed by atoms with Crippen molar-refractivity contribution in [2.24, 2.45) is 4.99 Å². The Bertz CT molecular complexity index is 390. The number of thioether (sulfide) groups is 1. The molecule has 1 aliphatic rings. The van der Waals surface area contributed by atoms with Crippen LogP contribution in [-0.2, 0) is 0 Å². The van der Waals surface area contributed by atoms with E-state index in [9.17, 15) is 0 Å². The summed E-state index contributed by atoms with van der Waals surface area (Å²) in [4.78, 5) is 5.48. The van der Waals surface area contributed by atoms with Gasteiger partial charge in [-0.05, 0) is 25.0 Å². The maximum Gasteiger partial charge on any atom is 0.190 e. The molecule has 0 aliphatic heterocycles. The molecular formula is C13H20IN3S. The molecule has 0 saturated heterocycles. The van der Waals surface area contributed by atoms with E-state index in [0.29, 0.717) is 4.75 Å². The van der Waals surface area contributed by atoms with Crippen molar-refractivity contribution >= 4 is 41.7 Å². The van der Waals surface area contributed by atoms with E-state index in [2.05, 4.69) is 46.0 Å². The lowest BCUT2D eigenvalue weighted by Crippen LogP contribution is -2.39. The lowest BCUT2D eigenvalue weighted by molar-refractivity contribution is 0.791. The molecule has 2 rings (SSSR count). The molecule has 0 aromatic heterocycles. The first kappa shape index (κ1) is 15.6. The van der Waals surface area contributed by atoms with Crippen molar-refractivity contribution in [3.8, 4) is 0 Å². The quantitative estimate of drug-likeness (QED) is 0.481. The summed E-state index contributed by atoms with van der Waals surface area (Å²) in [6, 6.07) is 10.6. The normalized spacial score (nSPS) is 16.7. The van der Waals surface area contributed by atoms with Crippen molar-refractivity contribution in [3.63, 3.8) is 0 Å². The Morgan fingerprint density at radius 1 is 1.33 bits per heavy atom. The third kappa shape index (κ3) is 4.35. The molecule has 1 aromatic carbocycles. The Morgan fingerprint density at radius 3 is 2.50 bits per heavy atom. The molecule has 2 N–H and O–H groups in total. The molecule has 0 heterocycles. The van der Waals surface area contributed by atoms with Gasteiger partial charge in [0, 0.05) is 30.3 Å². The zero-order chi connectivity index (χ0) is 12.1. The molecule has 0 atom stereocenters. The van der Waals surface area contributed by atoms with E-state index < -0.39 is 0 Å². The Balaban J connectivity index is 0.00000162. The van der Waals surface area contributed by atoms with Crippen molar-refractivity contribution in [2.75, 3.05) is 20.6 Å². The topological polar surface area (TPSA) is 36.4 Å². The van der Waals surface area contributed by atoms with E-state index in [0.717, 1.165) is 12.5 Å². The van der Waals surface area contributed by atoms with Gasteiger partial charge in [-0.15, -0.1) is 35.7 Å². The number of hydrogen-bond acceptors (Lipinski definition) is 2. The average molecular weight is 377 g/mol. The molecule has 1 aromatic rings. The predicted molar refractivity (Wildman–Crippen MR) is 90.1 cm³/mol. The highest BCUT2D eigenvalue weighted by molar-refractivity contribution is 14.0. The van der Waals surface area contributed by atoms with Gasteiger partial charge < -0.3 is 10.6 Å². The van der Waals surface area contributed by atoms with E-state index in [1.54, 1.807) is 7.05 Å². The average Bonchev–Trinajstić information content (AvgIpc) is 3.12. The monoisotopic (exact) mass is 377 g/mol. The standard InChI is InChI=1S/C13H19N3S.HI/c1-14-12(15-2)16-10-13(8-9-13)17-11-6-4-3-5-7-11;/h3-7H,8-10H2,1-2H3,(H2,14,15,16);1H. The van der Waals surface area contributed by atoms with Crippen LogP contribution in [-0.4, -0.2) is 31.3 Å². The SMILES string of the molecule is CN=C(NC)NCC1(Sc2ccccc2)CC1.I. The van der Waals surface area contributed by atoms with Crippen LogP contribution >= 0.6 is 35.7 Å². The van der Waals surface area contributed by atoms with Crippen LogP contribution in [0.3, 0.4) is 0 Å². The van der Waals surface area contributed by atoms with Crippen LogP contribution in [0.5, 0.6) is 0 Å². The zero-order valence-corrected chi connectivity index (χ0v) is 13.9. The summed E-state index contributed by atoms with van der Waals surface area (Å²) in [5.74, 6) is 0.866. The molecule has 0 unspecified atom stereocenters. The van der Waals surface area contributed by atoms with Crippen LogP contribution in [0.15, 0.2) is 40.2 Å². The lowest BCUT2D eigenvalue weighted by atomic mass is 10.4. The fourth-order valence-electron chi connectivity index (χ4n) is 1.72. The number of guanidine groups is 1. The summed E-state index contributed by atoms with van der Waals surface area (Å²) < 4.78 is 0.369. The van der Waals surface area contributed by atoms with Gasteiger partial charge in [0.05, 0.1) is 0 Å². The van der Waals surface area contributed by atoms with E-state index in [-0.39, 0.29) is 24.0 Å². The highest BCUT2D eigenvalue weighted by Crippen LogP contribution is 2.51. The summed E-state index contributed by atoms with van der Waals surface area (Å²) in [5, 5.41) is 6.41. The molecule has 100 valence electrons. The molecule has 1 fully saturated rings. The van der Waals surface area contributed by atoms with Gasteiger partial charge in [0.2, 0.25) is 0 Å². The van der Waals surface area contributed by atoms with Crippen molar-refractivity contribution < 1.29 is 0 Å². The highest BCUT2D eigenvalue weighted by atomic mass is 127. The first-order valence-electron chi connectivity index (χ1n) is 5.90. The molecule has 0 radical (unpaired) electrons. The van der Waals surface area contributed by atoms with Crippen molar-refractivity contribution in [1.82, 2.24) is 10.6 Å². The minimum Gasteiger partial charge on any atom is -0.359 e. The van der Waals surface area contributed by atoms with Gasteiger partial charge in [0.1, 0.15) is 0 Å². The number of halogens is 1. The maximum absolute atomic E-state index is 4.13. The number of aliphatic imine (C=N–C) groups is 1. The van der Waals surface area contributed by atoms with Crippen molar-refractivity contribution in [1.29, 1.82) is 0 Å². The lowest BCUT2D eigenvalue weighted by Gasteiger charge is -2.17. The van der Waals surface area contributed by atoms with Crippen molar-refractivity contribution in [3.05, 3.63) is 30.3 Å². The molecule has 1 saturated carbocycles. The largest absolute Gasteiger partial charge is 0.359 e. The Hall–Kier alpha value is -0.430. The molecule has 0 amide bonds. The van der Waals surface area contributed by atoms with Gasteiger partial charge in [-0.1, -0.05) is 18.2 Å². The summed E-state index contributed by atoms with van der Waals surface area (Å²) in [7, 11) is 3.68. The predicted octanol–water partition coefficient (Wildman–Crippen LogP) is 2.72. The fourth-order valence-corrected chi connectivity index (χ4v) is 2.96. The van der Waals surface area contributed by atoms with Crippen LogP contribution in [0, 0.1) is 0 Å². The number of nitrogens with zero attached hydrogens (tertiary/aromatic N) is 1. The first-order valence-corrected chi connectivity index (χ1v) is 6.72. The molecule has 1 aliphatic carbocycles. The highest BCUT2D eigenvalue weighted by Gasteiger charge is 2.43. The third-order valence-corrected chi connectivity index (χ3v) is 4.42. The second kappa shape index (κ2) is 7.23. The third-order valence-electron chi connectivity index (χ3n) is 2.92. The van der Waals surface area contributed by atoms with Gasteiger partial charge >= 0.3 is 0 Å². The van der Waals surface area contributed by atoms with Crippen LogP contribution in [0.1, 0.15) is 12.8 Å². The molecule has 0 spiro atoms. The van der Waals surface area contributed by atoms with Crippen LogP contribution in [0.2, 0.25) is 0 Å². The van der Waals surface area contributed by atoms with E-state index >= 15 is 0 Å². The minimum absolute atomic E-state index is 0. The maximum atomic E-state index is 4.13. The van der Waals surface area contributed by atoms with Crippen LogP contribution < -0.4 is 10.6 Å². The number of nitrogens with one attached hydrogen (secondary N) is 2. The van der Waals surface area contributed by atoms with Gasteiger partial charge in [-0.25, -0.2) is 0 Å². The first-order chi connectivity index (χ1) is 8.28. The van der Waals surface area contributed by atoms with E-state index in [1.807, 2.05) is 18.8 Å². The number of rotatable bonds is 4. The minimum atomic E-state index is 0. The Labute approximate surface area is 130 Å². The van der Waals surface area contributed by atoms with Crippen LogP contribution in [0.4, 0.5) is 0 Å². The second-order valence-electron chi connectivity index (χ2n) is 4.27. The Morgan fingerprint density at radius 2 is 2.00 bits per heavy atom. The number of hydrogen-bond donors (Lipinski definition) is 2. The van der Waals surface area contributed by atoms with Gasteiger partial charge in [0.15, 0.2) is 5.96 Å². The van der Waals surface area contributed by atoms with Crippen molar-refractivity contribution in [2.45, 2.75) is 22.5 Å². The van der Waals surface area contributed by atoms with Gasteiger partial charge in [-0.3, -0.25) is 4.99 Å². The summed E-state index contributed by atoms with van der Waals surface area (Å²) >= 11 is 1.97.